The Labute approximate surface area is 210 Å². The first-order valence-electron chi connectivity index (χ1n) is 12.6. The number of nitrogens with one attached hydrogen (secondary N) is 3. The molecule has 1 aliphatic carbocycles. The Bertz CT molecular complexity index is 1090. The molecule has 9 nitrogen and oxygen atoms in total. The predicted molar refractivity (Wildman–Crippen MR) is 135 cm³/mol. The lowest BCUT2D eigenvalue weighted by Crippen LogP contribution is -2.47. The number of carbonyl (C=O) groups excluding carboxylic acids is 2. The van der Waals surface area contributed by atoms with Crippen molar-refractivity contribution in [3.63, 3.8) is 0 Å². The molecule has 0 aromatic heterocycles. The van der Waals surface area contributed by atoms with Gasteiger partial charge in [0, 0.05) is 28.9 Å². The Kier molecular flexibility index (Phi) is 7.29. The zero-order valence-corrected chi connectivity index (χ0v) is 20.4. The first-order valence-corrected chi connectivity index (χ1v) is 12.6. The number of carbonyl (C=O) groups is 2. The van der Waals surface area contributed by atoms with Gasteiger partial charge in [-0.05, 0) is 61.7 Å². The fraction of sp³-hybridized carbons (Fsp3) is 0.481. The van der Waals surface area contributed by atoms with Crippen LogP contribution in [0.2, 0.25) is 0 Å². The fourth-order valence-electron chi connectivity index (χ4n) is 5.50. The fourth-order valence-corrected chi connectivity index (χ4v) is 5.50. The van der Waals surface area contributed by atoms with Crippen molar-refractivity contribution in [1.29, 1.82) is 0 Å². The average Bonchev–Trinajstić information content (AvgIpc) is 3.51. The van der Waals surface area contributed by atoms with Gasteiger partial charge in [0.1, 0.15) is 23.7 Å². The lowest BCUT2D eigenvalue weighted by atomic mass is 9.84. The molecule has 3 amide bonds. The van der Waals surface area contributed by atoms with E-state index in [0.717, 1.165) is 31.2 Å². The number of aliphatic hydroxyl groups excluding tert-OH is 1. The van der Waals surface area contributed by atoms with Crippen LogP contribution in [-0.4, -0.2) is 55.1 Å². The maximum atomic E-state index is 12.6. The molecule has 4 atom stereocenters. The van der Waals surface area contributed by atoms with E-state index in [1.54, 1.807) is 37.4 Å². The lowest BCUT2D eigenvalue weighted by molar-refractivity contribution is -0.142. The normalized spacial score (nSPS) is 24.8. The van der Waals surface area contributed by atoms with Crippen LogP contribution >= 0.6 is 0 Å². The maximum Gasteiger partial charge on any atom is 0.323 e. The molecular weight excluding hydrogens is 462 g/mol. The van der Waals surface area contributed by atoms with E-state index in [2.05, 4.69) is 16.0 Å². The standard InChI is InChI=1S/C27H33N3O6/c1-34-19-9-6-17(7-10-19)29-27(33)30-18-8-11-23-21(12-18)22-13-20(35-24(15-31)26(22)36-23)14-25(32)28-16-4-2-3-5-16/h6-12,16,20,22,24,26,31H,2-5,13-15H2,1H3,(H,28,32)(H2,29,30,33)/t20-,22+,24+,26-/m1/s1. The highest BCUT2D eigenvalue weighted by Gasteiger charge is 2.46. The van der Waals surface area contributed by atoms with Gasteiger partial charge in [0.2, 0.25) is 5.91 Å². The van der Waals surface area contributed by atoms with Gasteiger partial charge in [0.05, 0.1) is 26.2 Å². The summed E-state index contributed by atoms with van der Waals surface area (Å²) in [5.41, 5.74) is 2.23. The number of amides is 3. The molecule has 0 radical (unpaired) electrons. The zero-order valence-electron chi connectivity index (χ0n) is 20.4. The summed E-state index contributed by atoms with van der Waals surface area (Å²) in [6.07, 6.45) is 4.08. The van der Waals surface area contributed by atoms with Crippen LogP contribution in [0, 0.1) is 0 Å². The van der Waals surface area contributed by atoms with Crippen LogP contribution < -0.4 is 25.4 Å². The summed E-state index contributed by atoms with van der Waals surface area (Å²) in [6, 6.07) is 12.5. The number of ether oxygens (including phenoxy) is 3. The van der Waals surface area contributed by atoms with Gasteiger partial charge in [-0.1, -0.05) is 12.8 Å². The number of aliphatic hydroxyl groups is 1. The molecule has 36 heavy (non-hydrogen) atoms. The van der Waals surface area contributed by atoms with Crippen LogP contribution in [0.25, 0.3) is 0 Å². The van der Waals surface area contributed by atoms with E-state index >= 15 is 0 Å². The van der Waals surface area contributed by atoms with Crippen molar-refractivity contribution in [3.8, 4) is 11.5 Å². The number of benzene rings is 2. The van der Waals surface area contributed by atoms with Crippen LogP contribution in [0.1, 0.15) is 50.0 Å². The van der Waals surface area contributed by atoms with Crippen LogP contribution in [-0.2, 0) is 9.53 Å². The highest BCUT2D eigenvalue weighted by Crippen LogP contribution is 2.47. The molecule has 0 unspecified atom stereocenters. The molecule has 2 heterocycles. The van der Waals surface area contributed by atoms with Gasteiger partial charge in [-0.25, -0.2) is 4.79 Å². The minimum atomic E-state index is -0.518. The van der Waals surface area contributed by atoms with E-state index < -0.39 is 6.10 Å². The highest BCUT2D eigenvalue weighted by atomic mass is 16.6. The monoisotopic (exact) mass is 495 g/mol. The van der Waals surface area contributed by atoms with E-state index in [-0.39, 0.29) is 49.1 Å². The minimum absolute atomic E-state index is 0.00759. The molecule has 2 aliphatic heterocycles. The molecule has 9 heteroatoms. The van der Waals surface area contributed by atoms with Crippen molar-refractivity contribution in [2.45, 2.75) is 68.8 Å². The number of methoxy groups -OCH3 is 1. The maximum absolute atomic E-state index is 12.6. The molecule has 2 fully saturated rings. The Morgan fingerprint density at radius 1 is 1.06 bits per heavy atom. The quantitative estimate of drug-likeness (QED) is 0.464. The van der Waals surface area contributed by atoms with E-state index in [0.29, 0.717) is 29.3 Å². The molecule has 0 spiro atoms. The first-order chi connectivity index (χ1) is 17.5. The number of fused-ring (bicyclic) bond motifs is 3. The minimum Gasteiger partial charge on any atom is -0.497 e. The Hall–Kier alpha value is -3.30. The van der Waals surface area contributed by atoms with Crippen LogP contribution in [0.4, 0.5) is 16.2 Å². The van der Waals surface area contributed by atoms with E-state index in [1.165, 1.54) is 0 Å². The second kappa shape index (κ2) is 10.8. The Balaban J connectivity index is 1.24. The third kappa shape index (κ3) is 5.42. The van der Waals surface area contributed by atoms with Crippen molar-refractivity contribution in [2.24, 2.45) is 0 Å². The smallest absolute Gasteiger partial charge is 0.323 e. The Morgan fingerprint density at radius 3 is 2.50 bits per heavy atom. The number of urea groups is 1. The highest BCUT2D eigenvalue weighted by molar-refractivity contribution is 5.99. The summed E-state index contributed by atoms with van der Waals surface area (Å²) in [5, 5.41) is 18.8. The number of hydrogen-bond acceptors (Lipinski definition) is 6. The molecule has 1 saturated heterocycles. The van der Waals surface area contributed by atoms with Crippen LogP contribution in [0.15, 0.2) is 42.5 Å². The van der Waals surface area contributed by atoms with Gasteiger partial charge in [0.15, 0.2) is 0 Å². The van der Waals surface area contributed by atoms with Crippen molar-refractivity contribution in [2.75, 3.05) is 24.4 Å². The SMILES string of the molecule is COc1ccc(NC(=O)Nc2ccc3c(c2)[C@@H]2C[C@H](CC(=O)NC4CCCC4)O[C@@H](CO)[C@@H]2O3)cc1. The van der Waals surface area contributed by atoms with Gasteiger partial charge in [-0.3, -0.25) is 4.79 Å². The molecule has 192 valence electrons. The van der Waals surface area contributed by atoms with Gasteiger partial charge in [0.25, 0.3) is 0 Å². The molecule has 2 aromatic rings. The van der Waals surface area contributed by atoms with E-state index in [9.17, 15) is 14.7 Å². The summed E-state index contributed by atoms with van der Waals surface area (Å²) in [7, 11) is 1.59. The van der Waals surface area contributed by atoms with Gasteiger partial charge in [-0.2, -0.15) is 0 Å². The number of anilines is 2. The van der Waals surface area contributed by atoms with E-state index in [1.807, 2.05) is 12.1 Å². The van der Waals surface area contributed by atoms with Crippen LogP contribution in [0.5, 0.6) is 11.5 Å². The third-order valence-electron chi connectivity index (χ3n) is 7.24. The summed E-state index contributed by atoms with van der Waals surface area (Å²) < 4.78 is 17.3. The van der Waals surface area contributed by atoms with Crippen LogP contribution in [0.3, 0.4) is 0 Å². The molecule has 2 aromatic carbocycles. The van der Waals surface area contributed by atoms with Crippen molar-refractivity contribution in [1.82, 2.24) is 5.32 Å². The molecule has 4 N–H and O–H groups in total. The van der Waals surface area contributed by atoms with Crippen molar-refractivity contribution >= 4 is 23.3 Å². The Morgan fingerprint density at radius 2 is 1.78 bits per heavy atom. The predicted octanol–water partition coefficient (Wildman–Crippen LogP) is 3.78. The summed E-state index contributed by atoms with van der Waals surface area (Å²) in [5.74, 6) is 1.37. The number of hydrogen-bond donors (Lipinski definition) is 4. The number of rotatable bonds is 7. The second-order valence-corrected chi connectivity index (χ2v) is 9.72. The molecule has 5 rings (SSSR count). The van der Waals surface area contributed by atoms with Crippen molar-refractivity contribution in [3.05, 3.63) is 48.0 Å². The van der Waals surface area contributed by atoms with Gasteiger partial charge < -0.3 is 35.3 Å². The lowest BCUT2D eigenvalue weighted by Gasteiger charge is -2.37. The van der Waals surface area contributed by atoms with Gasteiger partial charge in [-0.15, -0.1) is 0 Å². The molecule has 0 bridgehead atoms. The van der Waals surface area contributed by atoms with Gasteiger partial charge >= 0.3 is 6.03 Å². The summed E-state index contributed by atoms with van der Waals surface area (Å²) in [6.45, 7) is -0.189. The molecule has 3 aliphatic rings. The zero-order chi connectivity index (χ0) is 25.1. The second-order valence-electron chi connectivity index (χ2n) is 9.72. The summed E-state index contributed by atoms with van der Waals surface area (Å²) >= 11 is 0. The third-order valence-corrected chi connectivity index (χ3v) is 7.24. The largest absolute Gasteiger partial charge is 0.497 e. The first kappa shape index (κ1) is 24.4. The summed E-state index contributed by atoms with van der Waals surface area (Å²) in [4.78, 5) is 25.2. The molecule has 1 saturated carbocycles. The van der Waals surface area contributed by atoms with Crippen molar-refractivity contribution < 1.29 is 28.9 Å². The molecular formula is C27H33N3O6. The average molecular weight is 496 g/mol. The topological polar surface area (TPSA) is 118 Å². The van der Waals surface area contributed by atoms with E-state index in [4.69, 9.17) is 14.2 Å².